The SMILES string of the molecule is Cc1cc(Nc2cc(C)[nH]n2)nc(Nc2ccc(NC(=O)Nc3cccc([N+](=O)[O-])c3)cc2C)n1. The molecule has 0 radical (unpaired) electrons. The Morgan fingerprint density at radius 3 is 2.37 bits per heavy atom. The van der Waals surface area contributed by atoms with Crippen LogP contribution in [0, 0.1) is 30.9 Å². The third kappa shape index (κ3) is 6.07. The van der Waals surface area contributed by atoms with Gasteiger partial charge in [-0.25, -0.2) is 9.78 Å². The molecule has 0 saturated carbocycles. The Labute approximate surface area is 200 Å². The Kier molecular flexibility index (Phi) is 6.53. The molecule has 2 aromatic carbocycles. The molecule has 12 heteroatoms. The van der Waals surface area contributed by atoms with Crippen molar-refractivity contribution in [2.75, 3.05) is 21.3 Å². The van der Waals surface area contributed by atoms with Gasteiger partial charge in [0.2, 0.25) is 5.95 Å². The zero-order chi connectivity index (χ0) is 24.9. The van der Waals surface area contributed by atoms with Crippen molar-refractivity contribution < 1.29 is 9.72 Å². The number of nitrogens with zero attached hydrogens (tertiary/aromatic N) is 4. The van der Waals surface area contributed by atoms with Crippen LogP contribution in [0.1, 0.15) is 17.0 Å². The molecule has 0 unspecified atom stereocenters. The molecular formula is C23H23N9O3. The first-order valence-electron chi connectivity index (χ1n) is 10.6. The molecule has 12 nitrogen and oxygen atoms in total. The number of H-pyrrole nitrogens is 1. The summed E-state index contributed by atoms with van der Waals surface area (Å²) in [7, 11) is 0. The minimum atomic E-state index is -0.521. The van der Waals surface area contributed by atoms with Gasteiger partial charge in [0.1, 0.15) is 5.82 Å². The molecule has 0 spiro atoms. The first-order valence-corrected chi connectivity index (χ1v) is 10.6. The highest BCUT2D eigenvalue weighted by Crippen LogP contribution is 2.24. The number of nitro benzene ring substituents is 1. The lowest BCUT2D eigenvalue weighted by Gasteiger charge is -2.13. The van der Waals surface area contributed by atoms with Crippen molar-refractivity contribution in [1.29, 1.82) is 0 Å². The first-order chi connectivity index (χ1) is 16.7. The Morgan fingerprint density at radius 1 is 0.914 bits per heavy atom. The second-order valence-electron chi connectivity index (χ2n) is 7.82. The number of carbonyl (C=O) groups is 1. The lowest BCUT2D eigenvalue weighted by molar-refractivity contribution is -0.384. The highest BCUT2D eigenvalue weighted by atomic mass is 16.6. The average Bonchev–Trinajstić information content (AvgIpc) is 3.19. The lowest BCUT2D eigenvalue weighted by atomic mass is 10.2. The van der Waals surface area contributed by atoms with Crippen LogP contribution < -0.4 is 21.3 Å². The second-order valence-corrected chi connectivity index (χ2v) is 7.82. The van der Waals surface area contributed by atoms with E-state index >= 15 is 0 Å². The van der Waals surface area contributed by atoms with Gasteiger partial charge in [0.25, 0.3) is 5.69 Å². The summed E-state index contributed by atoms with van der Waals surface area (Å²) in [4.78, 5) is 31.7. The fraction of sp³-hybridized carbons (Fsp3) is 0.130. The van der Waals surface area contributed by atoms with Gasteiger partial charge in [0.05, 0.1) is 4.92 Å². The smallest absolute Gasteiger partial charge is 0.323 e. The van der Waals surface area contributed by atoms with Gasteiger partial charge in [-0.2, -0.15) is 10.1 Å². The van der Waals surface area contributed by atoms with Crippen molar-refractivity contribution in [2.45, 2.75) is 20.8 Å². The standard InChI is InChI=1S/C23H23N9O3/c1-13-9-17(26-23(33)25-16-5-4-6-18(12-16)32(34)35)7-8-19(13)27-22-24-14(2)10-20(29-22)28-21-11-15(3)30-31-21/h4-12H,1-3H3,(H2,25,26,33)(H3,24,27,28,29,30,31). The van der Waals surface area contributed by atoms with Gasteiger partial charge in [-0.1, -0.05) is 6.07 Å². The van der Waals surface area contributed by atoms with Gasteiger partial charge in [0.15, 0.2) is 5.82 Å². The van der Waals surface area contributed by atoms with Crippen LogP contribution in [0.25, 0.3) is 0 Å². The Balaban J connectivity index is 1.42. The molecule has 0 aliphatic rings. The number of benzene rings is 2. The fourth-order valence-electron chi connectivity index (χ4n) is 3.29. The van der Waals surface area contributed by atoms with E-state index in [-0.39, 0.29) is 5.69 Å². The van der Waals surface area contributed by atoms with E-state index in [1.54, 1.807) is 24.3 Å². The Hall–Kier alpha value is -5.00. The van der Waals surface area contributed by atoms with Crippen molar-refractivity contribution >= 4 is 46.4 Å². The normalized spacial score (nSPS) is 10.5. The van der Waals surface area contributed by atoms with Crippen LogP contribution in [-0.2, 0) is 0 Å². The number of urea groups is 1. The maximum Gasteiger partial charge on any atom is 0.323 e. The molecule has 0 aliphatic carbocycles. The van der Waals surface area contributed by atoms with Crippen molar-refractivity contribution in [3.63, 3.8) is 0 Å². The maximum absolute atomic E-state index is 12.3. The van der Waals surface area contributed by atoms with E-state index in [4.69, 9.17) is 0 Å². The topological polar surface area (TPSA) is 163 Å². The molecule has 0 saturated heterocycles. The number of amides is 2. The van der Waals surface area contributed by atoms with Crippen molar-refractivity contribution in [3.05, 3.63) is 81.7 Å². The number of aromatic nitrogens is 4. The molecule has 2 heterocycles. The first kappa shape index (κ1) is 23.2. The molecular weight excluding hydrogens is 450 g/mol. The molecule has 178 valence electrons. The van der Waals surface area contributed by atoms with Gasteiger partial charge in [-0.05, 0) is 50.6 Å². The molecule has 0 bridgehead atoms. The predicted octanol–water partition coefficient (Wildman–Crippen LogP) is 5.16. The molecule has 0 aliphatic heterocycles. The summed E-state index contributed by atoms with van der Waals surface area (Å²) in [6, 6.07) is 14.2. The van der Waals surface area contributed by atoms with Crippen molar-refractivity contribution in [1.82, 2.24) is 20.2 Å². The van der Waals surface area contributed by atoms with Crippen LogP contribution >= 0.6 is 0 Å². The van der Waals surface area contributed by atoms with E-state index in [2.05, 4.69) is 41.4 Å². The zero-order valence-electron chi connectivity index (χ0n) is 19.2. The van der Waals surface area contributed by atoms with Crippen LogP contribution in [0.3, 0.4) is 0 Å². The van der Waals surface area contributed by atoms with Gasteiger partial charge < -0.3 is 21.3 Å². The van der Waals surface area contributed by atoms with Gasteiger partial charge in [0, 0.05) is 52.7 Å². The van der Waals surface area contributed by atoms with E-state index in [0.717, 1.165) is 22.6 Å². The lowest BCUT2D eigenvalue weighted by Crippen LogP contribution is -2.19. The van der Waals surface area contributed by atoms with Crippen LogP contribution in [0.4, 0.5) is 45.1 Å². The van der Waals surface area contributed by atoms with Crippen LogP contribution in [0.15, 0.2) is 54.6 Å². The predicted molar refractivity (Wildman–Crippen MR) is 134 cm³/mol. The summed E-state index contributed by atoms with van der Waals surface area (Å²) in [5.41, 5.74) is 4.08. The summed E-state index contributed by atoms with van der Waals surface area (Å²) in [6.07, 6.45) is 0. The van der Waals surface area contributed by atoms with Crippen molar-refractivity contribution in [3.8, 4) is 0 Å². The number of non-ortho nitro benzene ring substituents is 1. The van der Waals surface area contributed by atoms with E-state index in [0.29, 0.717) is 29.0 Å². The van der Waals surface area contributed by atoms with Crippen molar-refractivity contribution in [2.24, 2.45) is 0 Å². The quantitative estimate of drug-likeness (QED) is 0.181. The number of nitro groups is 1. The number of carbonyl (C=O) groups excluding carboxylic acids is 1. The third-order valence-corrected chi connectivity index (χ3v) is 4.86. The summed E-state index contributed by atoms with van der Waals surface area (Å²) in [5.74, 6) is 1.66. The summed E-state index contributed by atoms with van der Waals surface area (Å²) in [5, 5.41) is 29.6. The Morgan fingerprint density at radius 2 is 1.69 bits per heavy atom. The third-order valence-electron chi connectivity index (χ3n) is 4.86. The second kappa shape index (κ2) is 9.87. The number of aryl methyl sites for hydroxylation is 3. The molecule has 2 amide bonds. The molecule has 0 fully saturated rings. The number of anilines is 6. The monoisotopic (exact) mass is 473 g/mol. The van der Waals surface area contributed by atoms with E-state index < -0.39 is 11.0 Å². The summed E-state index contributed by atoms with van der Waals surface area (Å²) < 4.78 is 0. The number of nitrogens with one attached hydrogen (secondary N) is 5. The number of hydrogen-bond acceptors (Lipinski definition) is 8. The fourth-order valence-corrected chi connectivity index (χ4v) is 3.29. The maximum atomic E-state index is 12.3. The summed E-state index contributed by atoms with van der Waals surface area (Å²) >= 11 is 0. The molecule has 4 rings (SSSR count). The molecule has 2 aromatic heterocycles. The average molecular weight is 473 g/mol. The van der Waals surface area contributed by atoms with E-state index in [1.807, 2.05) is 32.9 Å². The number of rotatable bonds is 7. The van der Waals surface area contributed by atoms with E-state index in [9.17, 15) is 14.9 Å². The van der Waals surface area contributed by atoms with Crippen LogP contribution in [0.5, 0.6) is 0 Å². The number of aromatic amines is 1. The zero-order valence-corrected chi connectivity index (χ0v) is 19.2. The molecule has 4 aromatic rings. The number of hydrogen-bond donors (Lipinski definition) is 5. The Bertz CT molecular complexity index is 1400. The highest BCUT2D eigenvalue weighted by molar-refractivity contribution is 6.00. The minimum Gasteiger partial charge on any atom is -0.324 e. The molecule has 0 atom stereocenters. The van der Waals surface area contributed by atoms with Crippen LogP contribution in [0.2, 0.25) is 0 Å². The minimum absolute atomic E-state index is 0.106. The van der Waals surface area contributed by atoms with E-state index in [1.165, 1.54) is 18.2 Å². The van der Waals surface area contributed by atoms with Crippen LogP contribution in [-0.4, -0.2) is 31.1 Å². The molecule has 5 N–H and O–H groups in total. The highest BCUT2D eigenvalue weighted by Gasteiger charge is 2.10. The van der Waals surface area contributed by atoms with Gasteiger partial charge in [-0.15, -0.1) is 0 Å². The summed E-state index contributed by atoms with van der Waals surface area (Å²) in [6.45, 7) is 5.66. The molecule has 35 heavy (non-hydrogen) atoms. The van der Waals surface area contributed by atoms with Gasteiger partial charge >= 0.3 is 6.03 Å². The largest absolute Gasteiger partial charge is 0.324 e. The van der Waals surface area contributed by atoms with Gasteiger partial charge in [-0.3, -0.25) is 15.2 Å².